The molecule has 3 N–H and O–H groups in total. The van der Waals surface area contributed by atoms with Gasteiger partial charge in [0, 0.05) is 18.3 Å². The van der Waals surface area contributed by atoms with Crippen LogP contribution in [-0.2, 0) is 9.59 Å². The molecule has 4 rings (SSSR count). The molecular weight excluding hydrogens is 360 g/mol. The Bertz CT molecular complexity index is 1040. The van der Waals surface area contributed by atoms with Crippen molar-refractivity contribution in [3.8, 4) is 11.5 Å². The Morgan fingerprint density at radius 2 is 1.75 bits per heavy atom. The molecule has 0 aliphatic carbocycles. The number of benzene rings is 3. The van der Waals surface area contributed by atoms with E-state index in [1.165, 1.54) is 0 Å². The van der Waals surface area contributed by atoms with E-state index in [2.05, 4.69) is 10.6 Å². The van der Waals surface area contributed by atoms with Crippen LogP contribution in [0.15, 0.2) is 60.7 Å². The smallest absolute Gasteiger partial charge is 0.313 e. The molecule has 2 amide bonds. The second kappa shape index (κ2) is 7.58. The van der Waals surface area contributed by atoms with Gasteiger partial charge in [0.25, 0.3) is 0 Å². The Morgan fingerprint density at radius 1 is 0.964 bits per heavy atom. The Kier molecular flexibility index (Phi) is 4.82. The van der Waals surface area contributed by atoms with Gasteiger partial charge in [0.2, 0.25) is 6.79 Å². The quantitative estimate of drug-likeness (QED) is 0.606. The first-order valence-electron chi connectivity index (χ1n) is 8.76. The van der Waals surface area contributed by atoms with Crippen molar-refractivity contribution < 1.29 is 24.2 Å². The first-order chi connectivity index (χ1) is 13.6. The van der Waals surface area contributed by atoms with Crippen molar-refractivity contribution in [2.24, 2.45) is 0 Å². The molecule has 0 fully saturated rings. The highest BCUT2D eigenvalue weighted by atomic mass is 16.7. The van der Waals surface area contributed by atoms with Gasteiger partial charge in [-0.3, -0.25) is 9.59 Å². The number of anilines is 1. The Morgan fingerprint density at radius 3 is 2.64 bits per heavy atom. The summed E-state index contributed by atoms with van der Waals surface area (Å²) in [7, 11) is 0. The number of rotatable bonds is 4. The number of fused-ring (bicyclic) bond motifs is 2. The van der Waals surface area contributed by atoms with Crippen molar-refractivity contribution in [2.75, 3.05) is 18.7 Å². The standard InChI is InChI=1S/C21H18N2O5/c24-17(16-7-3-5-13-4-1-2-6-15(13)16)11-22-20(25)21(26)23-14-8-9-18-19(10-14)28-12-27-18/h1-10,17,24H,11-12H2,(H,22,25)(H,23,26)/t17-/m1/s1. The van der Waals surface area contributed by atoms with E-state index >= 15 is 0 Å². The van der Waals surface area contributed by atoms with Gasteiger partial charge < -0.3 is 25.2 Å². The van der Waals surface area contributed by atoms with Crippen molar-refractivity contribution in [3.63, 3.8) is 0 Å². The number of aliphatic hydroxyl groups is 1. The molecule has 0 aromatic heterocycles. The zero-order valence-electron chi connectivity index (χ0n) is 14.8. The lowest BCUT2D eigenvalue weighted by Crippen LogP contribution is -2.37. The highest BCUT2D eigenvalue weighted by Crippen LogP contribution is 2.34. The summed E-state index contributed by atoms with van der Waals surface area (Å²) >= 11 is 0. The Hall–Kier alpha value is -3.58. The molecule has 0 unspecified atom stereocenters. The monoisotopic (exact) mass is 378 g/mol. The van der Waals surface area contributed by atoms with Crippen molar-refractivity contribution in [1.29, 1.82) is 0 Å². The Balaban J connectivity index is 1.37. The number of nitrogens with one attached hydrogen (secondary N) is 2. The summed E-state index contributed by atoms with van der Waals surface area (Å²) in [6, 6.07) is 18.1. The molecule has 1 atom stereocenters. The summed E-state index contributed by atoms with van der Waals surface area (Å²) < 4.78 is 10.4. The molecule has 0 saturated carbocycles. The average molecular weight is 378 g/mol. The molecule has 3 aromatic carbocycles. The van der Waals surface area contributed by atoms with Gasteiger partial charge in [0.1, 0.15) is 0 Å². The molecule has 0 radical (unpaired) electrons. The number of amides is 2. The maximum absolute atomic E-state index is 12.1. The van der Waals surface area contributed by atoms with Gasteiger partial charge in [-0.25, -0.2) is 0 Å². The summed E-state index contributed by atoms with van der Waals surface area (Å²) in [5.41, 5.74) is 1.11. The van der Waals surface area contributed by atoms with E-state index in [1.807, 2.05) is 36.4 Å². The number of carbonyl (C=O) groups is 2. The topological polar surface area (TPSA) is 96.9 Å². The largest absolute Gasteiger partial charge is 0.454 e. The fraction of sp³-hybridized carbons (Fsp3) is 0.143. The zero-order valence-corrected chi connectivity index (χ0v) is 14.8. The van der Waals surface area contributed by atoms with E-state index in [0.29, 0.717) is 22.7 Å². The second-order valence-corrected chi connectivity index (χ2v) is 6.32. The van der Waals surface area contributed by atoms with E-state index in [4.69, 9.17) is 9.47 Å². The summed E-state index contributed by atoms with van der Waals surface area (Å²) in [4.78, 5) is 24.2. The van der Waals surface area contributed by atoms with Gasteiger partial charge in [-0.05, 0) is 28.5 Å². The van der Waals surface area contributed by atoms with Crippen LogP contribution in [0.25, 0.3) is 10.8 Å². The minimum absolute atomic E-state index is 0.0819. The third-order valence-electron chi connectivity index (χ3n) is 4.47. The van der Waals surface area contributed by atoms with Gasteiger partial charge in [0.15, 0.2) is 11.5 Å². The third-order valence-corrected chi connectivity index (χ3v) is 4.47. The minimum atomic E-state index is -0.937. The van der Waals surface area contributed by atoms with E-state index in [9.17, 15) is 14.7 Å². The van der Waals surface area contributed by atoms with Crippen LogP contribution >= 0.6 is 0 Å². The van der Waals surface area contributed by atoms with Crippen molar-refractivity contribution in [3.05, 3.63) is 66.2 Å². The predicted molar refractivity (Wildman–Crippen MR) is 103 cm³/mol. The number of hydrogen-bond acceptors (Lipinski definition) is 5. The maximum atomic E-state index is 12.1. The van der Waals surface area contributed by atoms with Gasteiger partial charge in [-0.15, -0.1) is 0 Å². The van der Waals surface area contributed by atoms with Crippen LogP contribution < -0.4 is 20.1 Å². The first kappa shape index (κ1) is 17.8. The highest BCUT2D eigenvalue weighted by molar-refractivity contribution is 6.39. The van der Waals surface area contributed by atoms with Crippen molar-refractivity contribution in [1.82, 2.24) is 5.32 Å². The van der Waals surface area contributed by atoms with Crippen LogP contribution in [0.2, 0.25) is 0 Å². The molecule has 0 saturated heterocycles. The van der Waals surface area contributed by atoms with E-state index < -0.39 is 17.9 Å². The van der Waals surface area contributed by atoms with E-state index in [-0.39, 0.29) is 13.3 Å². The molecule has 7 heteroatoms. The van der Waals surface area contributed by atoms with Crippen LogP contribution in [-0.4, -0.2) is 30.3 Å². The molecule has 7 nitrogen and oxygen atoms in total. The summed E-state index contributed by atoms with van der Waals surface area (Å²) in [5.74, 6) is -0.578. The molecule has 3 aromatic rings. The summed E-state index contributed by atoms with van der Waals surface area (Å²) in [6.45, 7) is 0.0423. The van der Waals surface area contributed by atoms with Crippen LogP contribution in [0, 0.1) is 0 Å². The predicted octanol–water partition coefficient (Wildman–Crippen LogP) is 2.36. The first-order valence-corrected chi connectivity index (χ1v) is 8.76. The number of carbonyl (C=O) groups excluding carboxylic acids is 2. The molecule has 142 valence electrons. The lowest BCUT2D eigenvalue weighted by molar-refractivity contribution is -0.136. The fourth-order valence-electron chi connectivity index (χ4n) is 3.08. The minimum Gasteiger partial charge on any atom is -0.454 e. The number of aliphatic hydroxyl groups excluding tert-OH is 1. The normalized spacial score (nSPS) is 13.2. The van der Waals surface area contributed by atoms with Crippen LogP contribution in [0.1, 0.15) is 11.7 Å². The molecule has 1 aliphatic heterocycles. The Labute approximate surface area is 160 Å². The lowest BCUT2D eigenvalue weighted by atomic mass is 10.0. The van der Waals surface area contributed by atoms with Gasteiger partial charge in [-0.2, -0.15) is 0 Å². The second-order valence-electron chi connectivity index (χ2n) is 6.32. The molecular formula is C21H18N2O5. The van der Waals surface area contributed by atoms with Crippen molar-refractivity contribution >= 4 is 28.3 Å². The van der Waals surface area contributed by atoms with Gasteiger partial charge in [0.05, 0.1) is 6.10 Å². The number of ether oxygens (including phenoxy) is 2. The maximum Gasteiger partial charge on any atom is 0.313 e. The average Bonchev–Trinajstić information content (AvgIpc) is 3.19. The van der Waals surface area contributed by atoms with Crippen LogP contribution in [0.4, 0.5) is 5.69 Å². The van der Waals surface area contributed by atoms with Gasteiger partial charge in [-0.1, -0.05) is 42.5 Å². The zero-order chi connectivity index (χ0) is 19.5. The van der Waals surface area contributed by atoms with Gasteiger partial charge >= 0.3 is 11.8 Å². The SMILES string of the molecule is O=C(NC[C@@H](O)c1cccc2ccccc12)C(=O)Nc1ccc2c(c1)OCO2. The third kappa shape index (κ3) is 3.60. The van der Waals surface area contributed by atoms with E-state index in [1.54, 1.807) is 24.3 Å². The molecule has 28 heavy (non-hydrogen) atoms. The van der Waals surface area contributed by atoms with Crippen LogP contribution in [0.3, 0.4) is 0 Å². The molecule has 1 heterocycles. The molecule has 0 spiro atoms. The highest BCUT2D eigenvalue weighted by Gasteiger charge is 2.19. The fourth-order valence-corrected chi connectivity index (χ4v) is 3.08. The van der Waals surface area contributed by atoms with Crippen LogP contribution in [0.5, 0.6) is 11.5 Å². The summed E-state index contributed by atoms with van der Waals surface area (Å²) in [6.07, 6.45) is -0.937. The van der Waals surface area contributed by atoms with E-state index in [0.717, 1.165) is 10.8 Å². The van der Waals surface area contributed by atoms with Crippen molar-refractivity contribution in [2.45, 2.75) is 6.10 Å². The number of hydrogen-bond donors (Lipinski definition) is 3. The molecule has 0 bridgehead atoms. The lowest BCUT2D eigenvalue weighted by Gasteiger charge is -2.14. The molecule has 1 aliphatic rings. The summed E-state index contributed by atoms with van der Waals surface area (Å²) in [5, 5.41) is 17.3.